The minimum atomic E-state index is -1.15. The van der Waals surface area contributed by atoms with Gasteiger partial charge in [-0.15, -0.1) is 0 Å². The first kappa shape index (κ1) is 12.8. The highest BCUT2D eigenvalue weighted by Gasteiger charge is 2.10. The van der Waals surface area contributed by atoms with Crippen molar-refractivity contribution in [3.63, 3.8) is 0 Å². The molecule has 0 rings (SSSR count). The number of nitrogens with zero attached hydrogens (tertiary/aromatic N) is 1. The third-order valence-corrected chi connectivity index (χ3v) is 2.09. The Morgan fingerprint density at radius 1 is 1.23 bits per heavy atom. The van der Waals surface area contributed by atoms with Crippen molar-refractivity contribution < 1.29 is 9.13 Å². The van der Waals surface area contributed by atoms with E-state index in [1.165, 1.54) is 6.92 Å². The molecule has 0 radical (unpaired) electrons. The fourth-order valence-corrected chi connectivity index (χ4v) is 1.05. The molecule has 2 nitrogen and oxygen atoms in total. The second kappa shape index (κ2) is 6.33. The van der Waals surface area contributed by atoms with Crippen molar-refractivity contribution in [2.45, 2.75) is 40.1 Å². The van der Waals surface area contributed by atoms with Gasteiger partial charge in [0.05, 0.1) is 6.61 Å². The summed E-state index contributed by atoms with van der Waals surface area (Å²) in [5.74, 6) is 0.380. The summed E-state index contributed by atoms with van der Waals surface area (Å²) in [6.45, 7) is 9.22. The summed E-state index contributed by atoms with van der Waals surface area (Å²) < 4.78 is 17.2. The predicted octanol–water partition coefficient (Wildman–Crippen LogP) is 2.29. The molecule has 3 heteroatoms. The molecular weight excluding hydrogens is 169 g/mol. The van der Waals surface area contributed by atoms with Gasteiger partial charge in [0.15, 0.2) is 6.36 Å². The van der Waals surface area contributed by atoms with Gasteiger partial charge in [-0.2, -0.15) is 0 Å². The average Bonchev–Trinajstić information content (AvgIpc) is 2.00. The molecular formula is C10H22FNO. The van der Waals surface area contributed by atoms with Crippen molar-refractivity contribution in [1.82, 2.24) is 4.90 Å². The standard InChI is InChI=1S/C10H22FNO/c1-8(2)12(5)6-9(3)7-13-10(4)11/h8-10H,6-7H2,1-5H3. The van der Waals surface area contributed by atoms with E-state index in [0.29, 0.717) is 18.6 Å². The minimum absolute atomic E-state index is 0.380. The van der Waals surface area contributed by atoms with Gasteiger partial charge < -0.3 is 9.64 Å². The Labute approximate surface area is 81.1 Å². The van der Waals surface area contributed by atoms with Gasteiger partial charge in [0, 0.05) is 12.6 Å². The number of ether oxygens (including phenoxy) is 1. The van der Waals surface area contributed by atoms with Crippen molar-refractivity contribution in [2.75, 3.05) is 20.2 Å². The molecule has 0 heterocycles. The zero-order valence-electron chi connectivity index (χ0n) is 9.38. The normalized spacial score (nSPS) is 16.6. The molecule has 0 fully saturated rings. The number of hydrogen-bond acceptors (Lipinski definition) is 2. The monoisotopic (exact) mass is 191 g/mol. The Balaban J connectivity index is 3.55. The molecule has 0 N–H and O–H groups in total. The van der Waals surface area contributed by atoms with E-state index in [1.54, 1.807) is 0 Å². The van der Waals surface area contributed by atoms with Gasteiger partial charge >= 0.3 is 0 Å². The topological polar surface area (TPSA) is 12.5 Å². The summed E-state index contributed by atoms with van der Waals surface area (Å²) in [5, 5.41) is 0. The molecule has 0 saturated heterocycles. The molecule has 0 amide bonds. The molecule has 0 saturated carbocycles. The molecule has 0 aliphatic carbocycles. The van der Waals surface area contributed by atoms with Crippen molar-refractivity contribution in [3.8, 4) is 0 Å². The van der Waals surface area contributed by atoms with Crippen LogP contribution in [0.5, 0.6) is 0 Å². The summed E-state index contributed by atoms with van der Waals surface area (Å²) in [6, 6.07) is 0.533. The van der Waals surface area contributed by atoms with Crippen LogP contribution < -0.4 is 0 Å². The van der Waals surface area contributed by atoms with Gasteiger partial charge in [-0.05, 0) is 33.7 Å². The lowest BCUT2D eigenvalue weighted by Crippen LogP contribution is -2.32. The van der Waals surface area contributed by atoms with Crippen LogP contribution in [0.2, 0.25) is 0 Å². The quantitative estimate of drug-likeness (QED) is 0.638. The zero-order chi connectivity index (χ0) is 10.4. The second-order valence-corrected chi connectivity index (χ2v) is 4.01. The molecule has 0 spiro atoms. The largest absolute Gasteiger partial charge is 0.348 e. The van der Waals surface area contributed by atoms with Gasteiger partial charge in [-0.25, -0.2) is 4.39 Å². The van der Waals surface area contributed by atoms with Crippen LogP contribution in [-0.2, 0) is 4.74 Å². The first-order valence-electron chi connectivity index (χ1n) is 4.89. The van der Waals surface area contributed by atoms with Gasteiger partial charge in [-0.1, -0.05) is 6.92 Å². The molecule has 0 aromatic carbocycles. The maximum absolute atomic E-state index is 12.3. The fourth-order valence-electron chi connectivity index (χ4n) is 1.05. The summed E-state index contributed by atoms with van der Waals surface area (Å²) >= 11 is 0. The average molecular weight is 191 g/mol. The van der Waals surface area contributed by atoms with Crippen molar-refractivity contribution in [3.05, 3.63) is 0 Å². The molecule has 2 atom stereocenters. The lowest BCUT2D eigenvalue weighted by Gasteiger charge is -2.24. The summed E-state index contributed by atoms with van der Waals surface area (Å²) in [4.78, 5) is 2.23. The fraction of sp³-hybridized carbons (Fsp3) is 1.00. The molecule has 13 heavy (non-hydrogen) atoms. The number of alkyl halides is 1. The highest BCUT2D eigenvalue weighted by molar-refractivity contribution is 4.61. The summed E-state index contributed by atoms with van der Waals surface area (Å²) in [5.41, 5.74) is 0. The van der Waals surface area contributed by atoms with E-state index in [2.05, 4.69) is 32.7 Å². The van der Waals surface area contributed by atoms with E-state index < -0.39 is 6.36 Å². The maximum atomic E-state index is 12.3. The van der Waals surface area contributed by atoms with E-state index in [0.717, 1.165) is 6.54 Å². The Bertz CT molecular complexity index is 128. The lowest BCUT2D eigenvalue weighted by molar-refractivity contribution is -0.0418. The van der Waals surface area contributed by atoms with Crippen LogP contribution in [0.3, 0.4) is 0 Å². The van der Waals surface area contributed by atoms with Crippen LogP contribution in [0.1, 0.15) is 27.7 Å². The van der Waals surface area contributed by atoms with Crippen molar-refractivity contribution in [1.29, 1.82) is 0 Å². The van der Waals surface area contributed by atoms with E-state index in [-0.39, 0.29) is 0 Å². The Morgan fingerprint density at radius 2 is 1.77 bits per heavy atom. The van der Waals surface area contributed by atoms with Gasteiger partial charge in [0.1, 0.15) is 0 Å². The van der Waals surface area contributed by atoms with Crippen LogP contribution >= 0.6 is 0 Å². The van der Waals surface area contributed by atoms with Crippen LogP contribution in [-0.4, -0.2) is 37.5 Å². The zero-order valence-corrected chi connectivity index (χ0v) is 9.38. The first-order valence-corrected chi connectivity index (χ1v) is 4.89. The third-order valence-electron chi connectivity index (χ3n) is 2.09. The first-order chi connectivity index (χ1) is 5.93. The highest BCUT2D eigenvalue weighted by atomic mass is 19.1. The Kier molecular flexibility index (Phi) is 6.25. The molecule has 0 aromatic rings. The minimum Gasteiger partial charge on any atom is -0.348 e. The van der Waals surface area contributed by atoms with Gasteiger partial charge in [0.2, 0.25) is 0 Å². The van der Waals surface area contributed by atoms with Crippen LogP contribution in [0.4, 0.5) is 4.39 Å². The molecule has 0 aliphatic heterocycles. The Morgan fingerprint density at radius 3 is 2.15 bits per heavy atom. The van der Waals surface area contributed by atoms with Crippen LogP contribution in [0.15, 0.2) is 0 Å². The second-order valence-electron chi connectivity index (χ2n) is 4.01. The molecule has 2 unspecified atom stereocenters. The van der Waals surface area contributed by atoms with Crippen molar-refractivity contribution >= 4 is 0 Å². The van der Waals surface area contributed by atoms with E-state index in [9.17, 15) is 4.39 Å². The molecule has 0 bridgehead atoms. The van der Waals surface area contributed by atoms with Gasteiger partial charge in [0.25, 0.3) is 0 Å². The third kappa shape index (κ3) is 6.96. The van der Waals surface area contributed by atoms with E-state index in [1.807, 2.05) is 0 Å². The molecule has 0 aromatic heterocycles. The smallest absolute Gasteiger partial charge is 0.195 e. The summed E-state index contributed by atoms with van der Waals surface area (Å²) in [6.07, 6.45) is -1.15. The van der Waals surface area contributed by atoms with Crippen LogP contribution in [0, 0.1) is 5.92 Å². The SMILES string of the molecule is CC(COC(C)F)CN(C)C(C)C. The summed E-state index contributed by atoms with van der Waals surface area (Å²) in [7, 11) is 2.07. The van der Waals surface area contributed by atoms with E-state index >= 15 is 0 Å². The molecule has 80 valence electrons. The highest BCUT2D eigenvalue weighted by Crippen LogP contribution is 2.04. The molecule has 0 aliphatic rings. The number of rotatable bonds is 6. The van der Waals surface area contributed by atoms with Crippen molar-refractivity contribution in [2.24, 2.45) is 5.92 Å². The number of halogens is 1. The number of hydrogen-bond donors (Lipinski definition) is 0. The lowest BCUT2D eigenvalue weighted by atomic mass is 10.1. The van der Waals surface area contributed by atoms with E-state index in [4.69, 9.17) is 4.74 Å². The predicted molar refractivity (Wildman–Crippen MR) is 53.5 cm³/mol. The maximum Gasteiger partial charge on any atom is 0.195 e. The van der Waals surface area contributed by atoms with Gasteiger partial charge in [-0.3, -0.25) is 0 Å². The Hall–Kier alpha value is -0.150. The van der Waals surface area contributed by atoms with Crippen LogP contribution in [0.25, 0.3) is 0 Å².